The zero-order valence-electron chi connectivity index (χ0n) is 14.0. The predicted octanol–water partition coefficient (Wildman–Crippen LogP) is 4.80. The fourth-order valence-corrected chi connectivity index (χ4v) is 3.98. The number of nitrogens with one attached hydrogen (secondary N) is 1. The van der Waals surface area contributed by atoms with Crippen LogP contribution in [0.5, 0.6) is 0 Å². The summed E-state index contributed by atoms with van der Waals surface area (Å²) < 4.78 is 21.2. The van der Waals surface area contributed by atoms with Crippen molar-refractivity contribution in [1.82, 2.24) is 4.98 Å². The van der Waals surface area contributed by atoms with Crippen LogP contribution >= 0.6 is 11.3 Å². The molecule has 1 heterocycles. The van der Waals surface area contributed by atoms with E-state index in [9.17, 15) is 9.00 Å². The molecule has 0 aliphatic rings. The molecule has 0 bridgehead atoms. The van der Waals surface area contributed by atoms with Crippen LogP contribution < -0.4 is 5.32 Å². The van der Waals surface area contributed by atoms with Gasteiger partial charge in [-0.3, -0.25) is 4.79 Å². The Labute approximate surface area is 162 Å². The first-order valence-electron chi connectivity index (χ1n) is 8.08. The molecule has 0 aliphatic heterocycles. The van der Waals surface area contributed by atoms with Gasteiger partial charge in [-0.05, 0) is 48.5 Å². The molecule has 1 aromatic heterocycles. The first kappa shape index (κ1) is 17.5. The number of amides is 1. The third kappa shape index (κ3) is 3.80. The lowest BCUT2D eigenvalue weighted by Crippen LogP contribution is -2.11. The van der Waals surface area contributed by atoms with E-state index < -0.39 is 11.1 Å². The van der Waals surface area contributed by atoms with Gasteiger partial charge >= 0.3 is 0 Å². The number of thiazole rings is 1. The average Bonchev–Trinajstić information content (AvgIpc) is 3.12. The maximum absolute atomic E-state index is 12.4. The zero-order chi connectivity index (χ0) is 18.8. The molecule has 134 valence electrons. The van der Waals surface area contributed by atoms with Crippen LogP contribution in [-0.2, 0) is 11.1 Å². The van der Waals surface area contributed by atoms with Crippen molar-refractivity contribution in [2.75, 3.05) is 5.32 Å². The molecule has 0 saturated heterocycles. The minimum absolute atomic E-state index is 0.254. The van der Waals surface area contributed by atoms with Crippen LogP contribution in [0.4, 0.5) is 5.69 Å². The standard InChI is InChI=1S/C20H14N2O3S2/c23-19(13-8-10-16(11-9-13)27(24)25)21-15-5-3-4-14(12-15)20-22-17-6-1-2-7-18(17)26-20/h1-12H,(H,21,23)(H,24,25). The number of anilines is 1. The van der Waals surface area contributed by atoms with Crippen molar-refractivity contribution in [3.63, 3.8) is 0 Å². The SMILES string of the molecule is O=C(Nc1cccc(-c2nc3ccccc3s2)c1)c1ccc(S(=O)O)cc1. The minimum atomic E-state index is -2.06. The van der Waals surface area contributed by atoms with E-state index in [-0.39, 0.29) is 10.8 Å². The van der Waals surface area contributed by atoms with Gasteiger partial charge in [-0.15, -0.1) is 11.3 Å². The number of aromatic nitrogens is 1. The highest BCUT2D eigenvalue weighted by molar-refractivity contribution is 7.79. The fourth-order valence-electron chi connectivity index (χ4n) is 2.65. The first-order chi connectivity index (χ1) is 13.1. The van der Waals surface area contributed by atoms with E-state index in [2.05, 4.69) is 10.3 Å². The number of hydrogen-bond acceptors (Lipinski definition) is 4. The van der Waals surface area contributed by atoms with Gasteiger partial charge in [-0.1, -0.05) is 24.3 Å². The Morgan fingerprint density at radius 2 is 1.78 bits per heavy atom. The van der Waals surface area contributed by atoms with E-state index in [0.29, 0.717) is 11.3 Å². The highest BCUT2D eigenvalue weighted by Crippen LogP contribution is 2.31. The van der Waals surface area contributed by atoms with Crippen LogP contribution in [0.1, 0.15) is 10.4 Å². The van der Waals surface area contributed by atoms with E-state index in [1.807, 2.05) is 48.5 Å². The maximum atomic E-state index is 12.4. The molecular weight excluding hydrogens is 380 g/mol. The smallest absolute Gasteiger partial charge is 0.255 e. The van der Waals surface area contributed by atoms with E-state index in [1.54, 1.807) is 11.3 Å². The van der Waals surface area contributed by atoms with Gasteiger partial charge in [0.05, 0.1) is 15.1 Å². The lowest BCUT2D eigenvalue weighted by Gasteiger charge is -2.07. The molecule has 0 radical (unpaired) electrons. The van der Waals surface area contributed by atoms with E-state index in [1.165, 1.54) is 24.3 Å². The molecule has 1 unspecified atom stereocenters. The van der Waals surface area contributed by atoms with Crippen LogP contribution in [0.2, 0.25) is 0 Å². The fraction of sp³-hybridized carbons (Fsp3) is 0. The molecule has 1 atom stereocenters. The summed E-state index contributed by atoms with van der Waals surface area (Å²) >= 11 is -0.455. The van der Waals surface area contributed by atoms with Crippen molar-refractivity contribution in [3.8, 4) is 10.6 Å². The third-order valence-corrected chi connectivity index (χ3v) is 5.74. The van der Waals surface area contributed by atoms with Gasteiger partial charge in [0.2, 0.25) is 0 Å². The zero-order valence-corrected chi connectivity index (χ0v) is 15.6. The summed E-state index contributed by atoms with van der Waals surface area (Å²) in [4.78, 5) is 17.3. The molecule has 1 amide bonds. The summed E-state index contributed by atoms with van der Waals surface area (Å²) in [6, 6.07) is 21.4. The summed E-state index contributed by atoms with van der Waals surface area (Å²) in [5.74, 6) is -0.285. The second-order valence-corrected chi connectivity index (χ2v) is 7.80. The monoisotopic (exact) mass is 394 g/mol. The number of fused-ring (bicyclic) bond motifs is 1. The Bertz CT molecular complexity index is 1120. The summed E-state index contributed by atoms with van der Waals surface area (Å²) in [5.41, 5.74) is 2.95. The summed E-state index contributed by atoms with van der Waals surface area (Å²) in [6.45, 7) is 0. The highest BCUT2D eigenvalue weighted by Gasteiger charge is 2.10. The molecule has 0 spiro atoms. The Hall–Kier alpha value is -2.87. The van der Waals surface area contributed by atoms with Crippen LogP contribution in [0.3, 0.4) is 0 Å². The molecule has 4 rings (SSSR count). The van der Waals surface area contributed by atoms with Crippen molar-refractivity contribution < 1.29 is 13.6 Å². The molecule has 3 aromatic carbocycles. The molecule has 7 heteroatoms. The van der Waals surface area contributed by atoms with Crippen LogP contribution in [-0.4, -0.2) is 19.7 Å². The Morgan fingerprint density at radius 1 is 1.00 bits per heavy atom. The van der Waals surface area contributed by atoms with E-state index >= 15 is 0 Å². The van der Waals surface area contributed by atoms with E-state index in [4.69, 9.17) is 4.55 Å². The van der Waals surface area contributed by atoms with Crippen molar-refractivity contribution >= 4 is 44.2 Å². The lowest BCUT2D eigenvalue weighted by molar-refractivity contribution is 0.102. The van der Waals surface area contributed by atoms with Gasteiger partial charge in [0.15, 0.2) is 11.1 Å². The third-order valence-electron chi connectivity index (χ3n) is 3.98. The van der Waals surface area contributed by atoms with Gasteiger partial charge in [0.1, 0.15) is 5.01 Å². The molecule has 0 fully saturated rings. The van der Waals surface area contributed by atoms with E-state index in [0.717, 1.165) is 20.8 Å². The summed E-state index contributed by atoms with van der Waals surface area (Å²) in [5, 5.41) is 3.74. The highest BCUT2D eigenvalue weighted by atomic mass is 32.2. The first-order valence-corrected chi connectivity index (χ1v) is 10.0. The largest absolute Gasteiger partial charge is 0.322 e. The summed E-state index contributed by atoms with van der Waals surface area (Å²) in [7, 11) is 0. The Morgan fingerprint density at radius 3 is 2.52 bits per heavy atom. The van der Waals surface area contributed by atoms with Crippen molar-refractivity contribution in [1.29, 1.82) is 0 Å². The van der Waals surface area contributed by atoms with Gasteiger partial charge in [0, 0.05) is 16.8 Å². The number of benzene rings is 3. The van der Waals surface area contributed by atoms with Gasteiger partial charge in [-0.2, -0.15) is 0 Å². The molecular formula is C20H14N2O3S2. The Kier molecular flexibility index (Phi) is 4.81. The van der Waals surface area contributed by atoms with Crippen LogP contribution in [0, 0.1) is 0 Å². The van der Waals surface area contributed by atoms with Crippen molar-refractivity contribution in [3.05, 3.63) is 78.4 Å². The average molecular weight is 394 g/mol. The second-order valence-electron chi connectivity index (χ2n) is 5.80. The molecule has 0 saturated carbocycles. The predicted molar refractivity (Wildman–Crippen MR) is 108 cm³/mol. The Balaban J connectivity index is 1.57. The number of nitrogens with zero attached hydrogens (tertiary/aromatic N) is 1. The van der Waals surface area contributed by atoms with Crippen molar-refractivity contribution in [2.45, 2.75) is 4.90 Å². The number of para-hydroxylation sites is 1. The maximum Gasteiger partial charge on any atom is 0.255 e. The molecule has 2 N–H and O–H groups in total. The second kappa shape index (κ2) is 7.40. The topological polar surface area (TPSA) is 79.3 Å². The normalized spacial score (nSPS) is 12.0. The number of rotatable bonds is 4. The van der Waals surface area contributed by atoms with Crippen LogP contribution in [0.25, 0.3) is 20.8 Å². The molecule has 0 aliphatic carbocycles. The molecule has 5 nitrogen and oxygen atoms in total. The molecule has 4 aromatic rings. The minimum Gasteiger partial charge on any atom is -0.322 e. The van der Waals surface area contributed by atoms with Gasteiger partial charge in [-0.25, -0.2) is 9.19 Å². The number of carbonyl (C=O) groups is 1. The van der Waals surface area contributed by atoms with Gasteiger partial charge < -0.3 is 9.87 Å². The van der Waals surface area contributed by atoms with Gasteiger partial charge in [0.25, 0.3) is 5.91 Å². The number of carbonyl (C=O) groups excluding carboxylic acids is 1. The molecule has 27 heavy (non-hydrogen) atoms. The summed E-state index contributed by atoms with van der Waals surface area (Å²) in [6.07, 6.45) is 0. The van der Waals surface area contributed by atoms with Crippen LogP contribution in [0.15, 0.2) is 77.7 Å². The lowest BCUT2D eigenvalue weighted by atomic mass is 10.2. The van der Waals surface area contributed by atoms with Crippen molar-refractivity contribution in [2.24, 2.45) is 0 Å². The quantitative estimate of drug-likeness (QED) is 0.488. The number of hydrogen-bond donors (Lipinski definition) is 2.